The molecule has 0 rings (SSSR count). The standard InChI is InChI=1S/C15H22O2/c1-3-4-5-6-7-8-9-10-11-12-13-14-15(16)17-2/h3-6,9,12-14H2,1-2H3. The zero-order chi connectivity index (χ0) is 12.8. The van der Waals surface area contributed by atoms with Crippen molar-refractivity contribution >= 4 is 5.97 Å². The second kappa shape index (κ2) is 12.7. The smallest absolute Gasteiger partial charge is 0.305 e. The molecule has 0 amide bonds. The normalized spacial score (nSPS) is 8.59. The van der Waals surface area contributed by atoms with Gasteiger partial charge in [0.25, 0.3) is 0 Å². The van der Waals surface area contributed by atoms with Crippen molar-refractivity contribution in [3.8, 4) is 23.7 Å². The Morgan fingerprint density at radius 2 is 1.65 bits per heavy atom. The summed E-state index contributed by atoms with van der Waals surface area (Å²) in [6.07, 6.45) is 7.28. The van der Waals surface area contributed by atoms with Gasteiger partial charge in [-0.2, -0.15) is 0 Å². The Bertz CT molecular complexity index is 309. The van der Waals surface area contributed by atoms with Crippen molar-refractivity contribution < 1.29 is 9.53 Å². The van der Waals surface area contributed by atoms with Gasteiger partial charge in [-0.3, -0.25) is 4.79 Å². The molecule has 0 aliphatic rings. The molecule has 17 heavy (non-hydrogen) atoms. The second-order valence-electron chi connectivity index (χ2n) is 3.77. The highest BCUT2D eigenvalue weighted by atomic mass is 16.5. The molecule has 0 saturated heterocycles. The van der Waals surface area contributed by atoms with E-state index in [1.807, 2.05) is 0 Å². The summed E-state index contributed by atoms with van der Waals surface area (Å²) in [5, 5.41) is 0. The lowest BCUT2D eigenvalue weighted by molar-refractivity contribution is -0.140. The van der Waals surface area contributed by atoms with Crippen molar-refractivity contribution in [2.75, 3.05) is 7.11 Å². The number of hydrogen-bond acceptors (Lipinski definition) is 2. The molecule has 0 fully saturated rings. The zero-order valence-electron chi connectivity index (χ0n) is 11.0. The highest BCUT2D eigenvalue weighted by Crippen LogP contribution is 1.97. The van der Waals surface area contributed by atoms with E-state index in [-0.39, 0.29) is 5.97 Å². The van der Waals surface area contributed by atoms with Crippen molar-refractivity contribution in [2.45, 2.75) is 58.3 Å². The minimum absolute atomic E-state index is 0.164. The predicted octanol–water partition coefficient (Wildman–Crippen LogP) is 3.31. The first-order valence-electron chi connectivity index (χ1n) is 6.29. The van der Waals surface area contributed by atoms with E-state index in [9.17, 15) is 4.79 Å². The first-order chi connectivity index (χ1) is 8.31. The van der Waals surface area contributed by atoms with Crippen LogP contribution < -0.4 is 0 Å². The molecule has 0 unspecified atom stereocenters. The van der Waals surface area contributed by atoms with Crippen LogP contribution >= 0.6 is 0 Å². The molecule has 0 bridgehead atoms. The number of carbonyl (C=O) groups excluding carboxylic acids is 1. The van der Waals surface area contributed by atoms with Gasteiger partial charge in [0, 0.05) is 19.3 Å². The molecule has 0 atom stereocenters. The van der Waals surface area contributed by atoms with Gasteiger partial charge in [-0.15, -0.1) is 11.8 Å². The molecule has 94 valence electrons. The van der Waals surface area contributed by atoms with E-state index in [1.54, 1.807) is 0 Å². The van der Waals surface area contributed by atoms with Crippen LogP contribution in [0.3, 0.4) is 0 Å². The monoisotopic (exact) mass is 234 g/mol. The molecule has 0 aromatic carbocycles. The predicted molar refractivity (Wildman–Crippen MR) is 70.2 cm³/mol. The van der Waals surface area contributed by atoms with Gasteiger partial charge in [-0.25, -0.2) is 0 Å². The van der Waals surface area contributed by atoms with E-state index in [1.165, 1.54) is 26.4 Å². The Balaban J connectivity index is 3.39. The number of ether oxygens (including phenoxy) is 1. The Hall–Kier alpha value is -1.41. The summed E-state index contributed by atoms with van der Waals surface area (Å²) >= 11 is 0. The zero-order valence-corrected chi connectivity index (χ0v) is 11.0. The number of hydrogen-bond donors (Lipinski definition) is 0. The molecule has 0 aliphatic heterocycles. The van der Waals surface area contributed by atoms with Gasteiger partial charge in [0.15, 0.2) is 0 Å². The van der Waals surface area contributed by atoms with Crippen LogP contribution in [0.5, 0.6) is 0 Å². The Morgan fingerprint density at radius 3 is 2.24 bits per heavy atom. The van der Waals surface area contributed by atoms with Gasteiger partial charge in [0.2, 0.25) is 0 Å². The molecule has 0 aromatic heterocycles. The maximum absolute atomic E-state index is 10.8. The van der Waals surface area contributed by atoms with Gasteiger partial charge < -0.3 is 4.74 Å². The number of esters is 1. The topological polar surface area (TPSA) is 26.3 Å². The fourth-order valence-electron chi connectivity index (χ4n) is 1.23. The van der Waals surface area contributed by atoms with Crippen molar-refractivity contribution in [3.05, 3.63) is 0 Å². The summed E-state index contributed by atoms with van der Waals surface area (Å²) in [5.41, 5.74) is 0. The lowest BCUT2D eigenvalue weighted by atomic mass is 10.2. The largest absolute Gasteiger partial charge is 0.469 e. The van der Waals surface area contributed by atoms with Crippen LogP contribution in [0.2, 0.25) is 0 Å². The van der Waals surface area contributed by atoms with Gasteiger partial charge >= 0.3 is 5.97 Å². The average molecular weight is 234 g/mol. The third kappa shape index (κ3) is 12.5. The highest BCUT2D eigenvalue weighted by Gasteiger charge is 1.96. The quantitative estimate of drug-likeness (QED) is 0.400. The van der Waals surface area contributed by atoms with Crippen molar-refractivity contribution in [3.63, 3.8) is 0 Å². The van der Waals surface area contributed by atoms with E-state index in [4.69, 9.17) is 0 Å². The first-order valence-corrected chi connectivity index (χ1v) is 6.29. The maximum Gasteiger partial charge on any atom is 0.305 e. The van der Waals surface area contributed by atoms with Crippen LogP contribution in [-0.4, -0.2) is 13.1 Å². The van der Waals surface area contributed by atoms with E-state index in [0.29, 0.717) is 12.8 Å². The average Bonchev–Trinajstić information content (AvgIpc) is 2.35. The van der Waals surface area contributed by atoms with Crippen LogP contribution in [0, 0.1) is 23.7 Å². The van der Waals surface area contributed by atoms with Crippen LogP contribution in [0.15, 0.2) is 0 Å². The van der Waals surface area contributed by atoms with Crippen LogP contribution in [-0.2, 0) is 9.53 Å². The molecule has 0 heterocycles. The summed E-state index contributed by atoms with van der Waals surface area (Å²) in [5.74, 6) is 12.0. The molecule has 2 nitrogen and oxygen atoms in total. The molecular weight excluding hydrogens is 212 g/mol. The molecule has 0 spiro atoms. The van der Waals surface area contributed by atoms with Crippen LogP contribution in [0.1, 0.15) is 58.3 Å². The summed E-state index contributed by atoms with van der Waals surface area (Å²) in [6, 6.07) is 0. The number of carbonyl (C=O) groups is 1. The maximum atomic E-state index is 10.8. The van der Waals surface area contributed by atoms with Crippen molar-refractivity contribution in [1.82, 2.24) is 0 Å². The number of unbranched alkanes of at least 4 members (excludes halogenated alkanes) is 4. The minimum atomic E-state index is -0.164. The van der Waals surface area contributed by atoms with Gasteiger partial charge in [0.1, 0.15) is 0 Å². The van der Waals surface area contributed by atoms with Crippen molar-refractivity contribution in [2.24, 2.45) is 0 Å². The summed E-state index contributed by atoms with van der Waals surface area (Å²) in [6.45, 7) is 2.19. The third-order valence-corrected chi connectivity index (χ3v) is 2.24. The molecule has 0 saturated carbocycles. The van der Waals surface area contributed by atoms with Gasteiger partial charge in [-0.05, 0) is 12.8 Å². The lowest BCUT2D eigenvalue weighted by Gasteiger charge is -1.93. The van der Waals surface area contributed by atoms with Crippen molar-refractivity contribution in [1.29, 1.82) is 0 Å². The first kappa shape index (κ1) is 15.6. The van der Waals surface area contributed by atoms with E-state index in [0.717, 1.165) is 19.3 Å². The molecule has 2 heteroatoms. The third-order valence-electron chi connectivity index (χ3n) is 2.24. The molecule has 0 aromatic rings. The lowest BCUT2D eigenvalue weighted by Crippen LogP contribution is -1.98. The molecule has 0 N–H and O–H groups in total. The van der Waals surface area contributed by atoms with Gasteiger partial charge in [-0.1, -0.05) is 31.6 Å². The van der Waals surface area contributed by atoms with Gasteiger partial charge in [0.05, 0.1) is 13.5 Å². The molecular formula is C15H22O2. The Labute approximate surface area is 105 Å². The van der Waals surface area contributed by atoms with Crippen LogP contribution in [0.25, 0.3) is 0 Å². The number of rotatable bonds is 6. The fourth-order valence-corrected chi connectivity index (χ4v) is 1.23. The van der Waals surface area contributed by atoms with E-state index < -0.39 is 0 Å². The highest BCUT2D eigenvalue weighted by molar-refractivity contribution is 5.69. The summed E-state index contributed by atoms with van der Waals surface area (Å²) in [4.78, 5) is 10.8. The Kier molecular flexibility index (Phi) is 11.6. The number of methoxy groups -OCH3 is 1. The minimum Gasteiger partial charge on any atom is -0.469 e. The summed E-state index contributed by atoms with van der Waals surface area (Å²) < 4.78 is 4.53. The molecule has 0 aliphatic carbocycles. The van der Waals surface area contributed by atoms with E-state index in [2.05, 4.69) is 35.3 Å². The summed E-state index contributed by atoms with van der Waals surface area (Å²) in [7, 11) is 1.40. The SMILES string of the molecule is CCCCCC#CCC#CCCCC(=O)OC. The Morgan fingerprint density at radius 1 is 1.00 bits per heavy atom. The fraction of sp³-hybridized carbons (Fsp3) is 0.667. The van der Waals surface area contributed by atoms with Crippen LogP contribution in [0.4, 0.5) is 0 Å². The van der Waals surface area contributed by atoms with E-state index >= 15 is 0 Å². The molecule has 0 radical (unpaired) electrons. The second-order valence-corrected chi connectivity index (χ2v) is 3.77.